The van der Waals surface area contributed by atoms with E-state index in [1.54, 1.807) is 17.0 Å². The number of carbonyl (C=O) groups is 1. The topological polar surface area (TPSA) is 20.3 Å². The van der Waals surface area contributed by atoms with Gasteiger partial charge in [0, 0.05) is 22.4 Å². The molecule has 0 spiro atoms. The Labute approximate surface area is 129 Å². The van der Waals surface area contributed by atoms with Crippen LogP contribution in [-0.4, -0.2) is 28.7 Å². The van der Waals surface area contributed by atoms with Gasteiger partial charge in [0.25, 0.3) is 5.91 Å². The highest BCUT2D eigenvalue weighted by atomic mass is 79.9. The molecular formula is C14H16Br2FNO. The summed E-state index contributed by atoms with van der Waals surface area (Å²) < 4.78 is 14.4. The van der Waals surface area contributed by atoms with Gasteiger partial charge in [-0.2, -0.15) is 0 Å². The molecule has 0 bridgehead atoms. The van der Waals surface area contributed by atoms with Crippen molar-refractivity contribution in [3.63, 3.8) is 0 Å². The Bertz CT molecular complexity index is 471. The van der Waals surface area contributed by atoms with Crippen LogP contribution >= 0.6 is 31.9 Å². The summed E-state index contributed by atoms with van der Waals surface area (Å²) in [6.07, 6.45) is 1.94. The maximum absolute atomic E-state index is 13.8. The smallest absolute Gasteiger partial charge is 0.256 e. The SMILES string of the molecule is CC(Br)C1CCN(C(=O)c2ccc(Br)cc2F)CC1. The van der Waals surface area contributed by atoms with Crippen molar-refractivity contribution in [2.75, 3.05) is 13.1 Å². The van der Waals surface area contributed by atoms with Gasteiger partial charge in [0.1, 0.15) is 5.82 Å². The van der Waals surface area contributed by atoms with Crippen LogP contribution in [0.3, 0.4) is 0 Å². The van der Waals surface area contributed by atoms with Crippen molar-refractivity contribution in [3.8, 4) is 0 Å². The molecule has 2 rings (SSSR count). The fourth-order valence-electron chi connectivity index (χ4n) is 2.40. The predicted molar refractivity (Wildman–Crippen MR) is 81.1 cm³/mol. The average Bonchev–Trinajstić information content (AvgIpc) is 2.38. The molecule has 1 aliphatic rings. The van der Waals surface area contributed by atoms with Gasteiger partial charge in [0.15, 0.2) is 0 Å². The third-order valence-electron chi connectivity index (χ3n) is 3.64. The van der Waals surface area contributed by atoms with Crippen LogP contribution in [0.15, 0.2) is 22.7 Å². The quantitative estimate of drug-likeness (QED) is 0.690. The maximum Gasteiger partial charge on any atom is 0.256 e. The van der Waals surface area contributed by atoms with Crippen LogP contribution < -0.4 is 0 Å². The van der Waals surface area contributed by atoms with E-state index in [4.69, 9.17) is 0 Å². The lowest BCUT2D eigenvalue weighted by Gasteiger charge is -2.33. The van der Waals surface area contributed by atoms with E-state index in [0.29, 0.717) is 28.3 Å². The molecular weight excluding hydrogens is 377 g/mol. The molecule has 0 aliphatic carbocycles. The first-order valence-corrected chi connectivity index (χ1v) is 8.08. The van der Waals surface area contributed by atoms with Gasteiger partial charge in [-0.3, -0.25) is 4.79 Å². The first-order valence-electron chi connectivity index (χ1n) is 6.37. The zero-order valence-corrected chi connectivity index (χ0v) is 13.9. The van der Waals surface area contributed by atoms with Gasteiger partial charge in [0.05, 0.1) is 5.56 Å². The highest BCUT2D eigenvalue weighted by Crippen LogP contribution is 2.26. The van der Waals surface area contributed by atoms with E-state index in [-0.39, 0.29) is 11.5 Å². The predicted octanol–water partition coefficient (Wildman–Crippen LogP) is 4.22. The molecule has 1 aromatic carbocycles. The van der Waals surface area contributed by atoms with Crippen LogP contribution in [0.4, 0.5) is 4.39 Å². The fourth-order valence-corrected chi connectivity index (χ4v) is 3.26. The molecule has 2 nitrogen and oxygen atoms in total. The molecule has 0 N–H and O–H groups in total. The van der Waals surface area contributed by atoms with Crippen LogP contribution in [0.25, 0.3) is 0 Å². The van der Waals surface area contributed by atoms with E-state index in [2.05, 4.69) is 38.8 Å². The molecule has 1 heterocycles. The number of nitrogens with zero attached hydrogens (tertiary/aromatic N) is 1. The number of benzene rings is 1. The Kier molecular flexibility index (Phi) is 5.01. The zero-order chi connectivity index (χ0) is 14.0. The summed E-state index contributed by atoms with van der Waals surface area (Å²) in [6, 6.07) is 4.57. The Balaban J connectivity index is 2.05. The Morgan fingerprint density at radius 3 is 2.58 bits per heavy atom. The van der Waals surface area contributed by atoms with E-state index in [1.807, 2.05) is 0 Å². The van der Waals surface area contributed by atoms with E-state index in [0.717, 1.165) is 12.8 Å². The van der Waals surface area contributed by atoms with Crippen molar-refractivity contribution in [3.05, 3.63) is 34.1 Å². The number of rotatable bonds is 2. The molecule has 19 heavy (non-hydrogen) atoms. The van der Waals surface area contributed by atoms with Gasteiger partial charge in [-0.05, 0) is 37.0 Å². The highest BCUT2D eigenvalue weighted by molar-refractivity contribution is 9.10. The van der Waals surface area contributed by atoms with Gasteiger partial charge in [-0.15, -0.1) is 0 Å². The Hall–Kier alpha value is -0.420. The Morgan fingerprint density at radius 1 is 1.42 bits per heavy atom. The molecule has 0 aromatic heterocycles. The van der Waals surface area contributed by atoms with E-state index < -0.39 is 5.82 Å². The van der Waals surface area contributed by atoms with Gasteiger partial charge in [0.2, 0.25) is 0 Å². The van der Waals surface area contributed by atoms with Crippen LogP contribution in [0.5, 0.6) is 0 Å². The number of likely N-dealkylation sites (tertiary alicyclic amines) is 1. The molecule has 0 saturated carbocycles. The minimum atomic E-state index is -0.463. The van der Waals surface area contributed by atoms with Crippen LogP contribution in [0, 0.1) is 11.7 Å². The average molecular weight is 393 g/mol. The summed E-state index contributed by atoms with van der Waals surface area (Å²) >= 11 is 6.78. The van der Waals surface area contributed by atoms with Gasteiger partial charge in [-0.1, -0.05) is 38.8 Å². The summed E-state index contributed by atoms with van der Waals surface area (Å²) in [5, 5.41) is 0. The minimum Gasteiger partial charge on any atom is -0.339 e. The van der Waals surface area contributed by atoms with Crippen molar-refractivity contribution in [2.24, 2.45) is 5.92 Å². The molecule has 104 valence electrons. The normalized spacial score (nSPS) is 18.4. The second kappa shape index (κ2) is 6.35. The largest absolute Gasteiger partial charge is 0.339 e. The molecule has 1 saturated heterocycles. The number of piperidine rings is 1. The van der Waals surface area contributed by atoms with Crippen LogP contribution in [0.2, 0.25) is 0 Å². The summed E-state index contributed by atoms with van der Waals surface area (Å²) in [4.78, 5) is 14.5. The number of amides is 1. The van der Waals surface area contributed by atoms with Crippen LogP contribution in [-0.2, 0) is 0 Å². The van der Waals surface area contributed by atoms with Gasteiger partial charge < -0.3 is 4.90 Å². The molecule has 5 heteroatoms. The van der Waals surface area contributed by atoms with Gasteiger partial charge in [-0.25, -0.2) is 4.39 Å². The second-order valence-electron chi connectivity index (χ2n) is 4.93. The summed E-state index contributed by atoms with van der Waals surface area (Å²) in [5.74, 6) is -0.0696. The lowest BCUT2D eigenvalue weighted by atomic mass is 9.94. The van der Waals surface area contributed by atoms with Crippen molar-refractivity contribution >= 4 is 37.8 Å². The fraction of sp³-hybridized carbons (Fsp3) is 0.500. The lowest BCUT2D eigenvalue weighted by molar-refractivity contribution is 0.0687. The first kappa shape index (κ1) is 15.0. The molecule has 1 aromatic rings. The van der Waals surface area contributed by atoms with Crippen molar-refractivity contribution in [1.29, 1.82) is 0 Å². The van der Waals surface area contributed by atoms with Gasteiger partial charge >= 0.3 is 0 Å². The van der Waals surface area contributed by atoms with Crippen molar-refractivity contribution < 1.29 is 9.18 Å². The first-order chi connectivity index (χ1) is 8.99. The standard InChI is InChI=1S/C14H16Br2FNO/c1-9(15)10-4-6-18(7-5-10)14(19)12-3-2-11(16)8-13(12)17/h2-3,8-10H,4-7H2,1H3. The molecule has 0 radical (unpaired) electrons. The minimum absolute atomic E-state index is 0.161. The van der Waals surface area contributed by atoms with E-state index in [1.165, 1.54) is 6.07 Å². The third-order valence-corrected chi connectivity index (χ3v) is 4.88. The number of hydrogen-bond donors (Lipinski definition) is 0. The molecule has 1 atom stereocenters. The van der Waals surface area contributed by atoms with E-state index in [9.17, 15) is 9.18 Å². The molecule has 1 fully saturated rings. The number of carbonyl (C=O) groups excluding carboxylic acids is 1. The monoisotopic (exact) mass is 391 g/mol. The number of halogens is 3. The number of hydrogen-bond acceptors (Lipinski definition) is 1. The summed E-state index contributed by atoms with van der Waals surface area (Å²) in [7, 11) is 0. The Morgan fingerprint density at radius 2 is 2.05 bits per heavy atom. The highest BCUT2D eigenvalue weighted by Gasteiger charge is 2.27. The maximum atomic E-state index is 13.8. The molecule has 1 amide bonds. The van der Waals surface area contributed by atoms with E-state index >= 15 is 0 Å². The number of alkyl halides is 1. The summed E-state index contributed by atoms with van der Waals surface area (Å²) in [5.41, 5.74) is 0.161. The third kappa shape index (κ3) is 3.57. The second-order valence-corrected chi connectivity index (χ2v) is 7.29. The molecule has 1 unspecified atom stereocenters. The molecule has 1 aliphatic heterocycles. The van der Waals surface area contributed by atoms with Crippen molar-refractivity contribution in [1.82, 2.24) is 4.90 Å². The van der Waals surface area contributed by atoms with Crippen molar-refractivity contribution in [2.45, 2.75) is 24.6 Å². The van der Waals surface area contributed by atoms with Crippen LogP contribution in [0.1, 0.15) is 30.1 Å². The zero-order valence-electron chi connectivity index (χ0n) is 10.7. The lowest BCUT2D eigenvalue weighted by Crippen LogP contribution is -2.40. The summed E-state index contributed by atoms with van der Waals surface area (Å²) in [6.45, 7) is 3.54.